The molecule has 30 heavy (non-hydrogen) atoms. The maximum absolute atomic E-state index is 13.1. The van der Waals surface area contributed by atoms with Crippen LogP contribution in [0.4, 0.5) is 4.79 Å². The first kappa shape index (κ1) is 20.6. The third kappa shape index (κ3) is 4.90. The Balaban J connectivity index is 1.42. The lowest BCUT2D eigenvalue weighted by Gasteiger charge is -2.28. The van der Waals surface area contributed by atoms with Crippen molar-refractivity contribution >= 4 is 29.0 Å². The van der Waals surface area contributed by atoms with E-state index in [9.17, 15) is 4.79 Å². The molecule has 2 amide bonds. The summed E-state index contributed by atoms with van der Waals surface area (Å²) in [7, 11) is 0. The Kier molecular flexibility index (Phi) is 6.79. The second kappa shape index (κ2) is 9.89. The zero-order chi connectivity index (χ0) is 20.8. The van der Waals surface area contributed by atoms with Crippen molar-refractivity contribution in [1.82, 2.24) is 19.6 Å². The van der Waals surface area contributed by atoms with Gasteiger partial charge in [0.25, 0.3) is 0 Å². The molecule has 2 aromatic carbocycles. The van der Waals surface area contributed by atoms with E-state index in [4.69, 9.17) is 4.74 Å². The maximum Gasteiger partial charge on any atom is 0.327 e. The van der Waals surface area contributed by atoms with Crippen LogP contribution in [0.15, 0.2) is 53.4 Å². The number of benzene rings is 2. The lowest BCUT2D eigenvalue weighted by molar-refractivity contribution is 0.182. The van der Waals surface area contributed by atoms with Crippen molar-refractivity contribution in [2.45, 2.75) is 50.0 Å². The molecule has 0 bridgehead atoms. The number of hydrogen-bond donors (Lipinski definition) is 2. The average Bonchev–Trinajstić information content (AvgIpc) is 3.43. The molecule has 1 aliphatic carbocycles. The van der Waals surface area contributed by atoms with Gasteiger partial charge in [0.2, 0.25) is 0 Å². The van der Waals surface area contributed by atoms with Gasteiger partial charge < -0.3 is 14.6 Å². The van der Waals surface area contributed by atoms with Crippen molar-refractivity contribution in [2.24, 2.45) is 0 Å². The Morgan fingerprint density at radius 2 is 1.97 bits per heavy atom. The van der Waals surface area contributed by atoms with E-state index in [-0.39, 0.29) is 12.1 Å². The van der Waals surface area contributed by atoms with Gasteiger partial charge in [0.15, 0.2) is 0 Å². The molecule has 7 heteroatoms. The molecular weight excluding hydrogens is 396 g/mol. The normalized spacial score (nSPS) is 14.2. The molecule has 3 aromatic rings. The van der Waals surface area contributed by atoms with Crippen molar-refractivity contribution in [1.29, 1.82) is 0 Å². The number of rotatable bonds is 8. The van der Waals surface area contributed by atoms with E-state index < -0.39 is 0 Å². The van der Waals surface area contributed by atoms with Crippen molar-refractivity contribution in [2.75, 3.05) is 13.2 Å². The van der Waals surface area contributed by atoms with Crippen LogP contribution in [0.5, 0.6) is 5.75 Å². The Bertz CT molecular complexity index is 951. The molecule has 0 aliphatic heterocycles. The topological polar surface area (TPSA) is 70.2 Å². The van der Waals surface area contributed by atoms with Gasteiger partial charge in [-0.15, -0.1) is 0 Å². The highest BCUT2D eigenvalue weighted by Gasteiger charge is 2.27. The van der Waals surface area contributed by atoms with E-state index in [1.165, 1.54) is 24.8 Å². The maximum atomic E-state index is 13.1. The summed E-state index contributed by atoms with van der Waals surface area (Å²) in [5.74, 6) is 1.71. The molecule has 2 N–H and O–H groups in total. The number of H-pyrrole nitrogens is 1. The first-order chi connectivity index (χ1) is 14.7. The third-order valence-electron chi connectivity index (χ3n) is 5.45. The Morgan fingerprint density at radius 3 is 2.77 bits per heavy atom. The fraction of sp³-hybridized carbons (Fsp3) is 0.391. The summed E-state index contributed by atoms with van der Waals surface area (Å²) in [6, 6.07) is 16.0. The number of nitrogens with one attached hydrogen (secondary N) is 2. The van der Waals surface area contributed by atoms with Gasteiger partial charge in [-0.3, -0.25) is 4.72 Å². The minimum Gasteiger partial charge on any atom is -0.493 e. The van der Waals surface area contributed by atoms with Crippen molar-refractivity contribution < 1.29 is 9.53 Å². The lowest BCUT2D eigenvalue weighted by atomic mass is 10.2. The fourth-order valence-electron chi connectivity index (χ4n) is 3.98. The van der Waals surface area contributed by atoms with Crippen LogP contribution in [0.3, 0.4) is 0 Å². The van der Waals surface area contributed by atoms with Gasteiger partial charge >= 0.3 is 6.03 Å². The van der Waals surface area contributed by atoms with E-state index in [2.05, 4.69) is 14.7 Å². The predicted octanol–water partition coefficient (Wildman–Crippen LogP) is 5.17. The highest BCUT2D eigenvalue weighted by Crippen LogP contribution is 2.28. The molecule has 1 saturated carbocycles. The fourth-order valence-corrected chi connectivity index (χ4v) is 4.67. The van der Waals surface area contributed by atoms with Gasteiger partial charge in [0.1, 0.15) is 11.6 Å². The summed E-state index contributed by atoms with van der Waals surface area (Å²) >= 11 is 1.32. The zero-order valence-corrected chi connectivity index (χ0v) is 18.1. The number of amides is 2. The van der Waals surface area contributed by atoms with Crippen molar-refractivity contribution in [3.05, 3.63) is 54.4 Å². The number of aromatic amines is 1. The first-order valence-corrected chi connectivity index (χ1v) is 11.4. The number of hydrogen-bond acceptors (Lipinski definition) is 4. The second-order valence-corrected chi connectivity index (χ2v) is 8.32. The summed E-state index contributed by atoms with van der Waals surface area (Å²) < 4.78 is 8.70. The molecule has 0 saturated heterocycles. The number of carbonyl (C=O) groups is 1. The molecule has 4 rings (SSSR count). The summed E-state index contributed by atoms with van der Waals surface area (Å²) in [5.41, 5.74) is 2.00. The molecule has 1 fully saturated rings. The highest BCUT2D eigenvalue weighted by molar-refractivity contribution is 7.98. The largest absolute Gasteiger partial charge is 0.493 e. The monoisotopic (exact) mass is 424 g/mol. The molecule has 0 atom stereocenters. The van der Waals surface area contributed by atoms with Crippen LogP contribution >= 0.6 is 11.9 Å². The Hall–Kier alpha value is -2.67. The quantitative estimate of drug-likeness (QED) is 0.490. The van der Waals surface area contributed by atoms with Crippen LogP contribution in [0.25, 0.3) is 11.0 Å². The molecule has 0 unspecified atom stereocenters. The van der Waals surface area contributed by atoms with Crippen LogP contribution in [-0.4, -0.2) is 40.1 Å². The number of ether oxygens (including phenoxy) is 1. The lowest BCUT2D eigenvalue weighted by Crippen LogP contribution is -2.44. The summed E-state index contributed by atoms with van der Waals surface area (Å²) in [6.45, 7) is 3.20. The van der Waals surface area contributed by atoms with E-state index in [1.54, 1.807) is 0 Å². The summed E-state index contributed by atoms with van der Waals surface area (Å²) in [6.07, 6.45) is 5.19. The standard InChI is InChI=1S/C23H28N4O2S/c1-2-29-20-13-7-8-14-21(20)30-26-23(28)27(17-9-3-4-10-17)16-15-22-24-18-11-5-6-12-19(18)25-22/h5-8,11-14,17H,2-4,9-10,15-16H2,1H3,(H,24,25)(H,26,28). The third-order valence-corrected chi connectivity index (χ3v) is 6.29. The number of nitrogens with zero attached hydrogens (tertiary/aromatic N) is 2. The molecule has 1 aliphatic rings. The average molecular weight is 425 g/mol. The Labute approximate surface area is 181 Å². The number of imidazole rings is 1. The van der Waals surface area contributed by atoms with Gasteiger partial charge in [-0.05, 0) is 56.0 Å². The van der Waals surface area contributed by atoms with E-state index in [0.29, 0.717) is 19.6 Å². The molecule has 1 aromatic heterocycles. The second-order valence-electron chi connectivity index (χ2n) is 7.47. The van der Waals surface area contributed by atoms with Gasteiger partial charge in [-0.1, -0.05) is 37.1 Å². The Morgan fingerprint density at radius 1 is 1.20 bits per heavy atom. The van der Waals surface area contributed by atoms with Gasteiger partial charge in [0, 0.05) is 19.0 Å². The number of urea groups is 1. The van der Waals surface area contributed by atoms with Gasteiger partial charge in [0.05, 0.1) is 22.5 Å². The van der Waals surface area contributed by atoms with Crippen LogP contribution in [0, 0.1) is 0 Å². The molecule has 0 radical (unpaired) electrons. The zero-order valence-electron chi connectivity index (χ0n) is 17.3. The van der Waals surface area contributed by atoms with Crippen LogP contribution in [-0.2, 0) is 6.42 Å². The minimum atomic E-state index is -0.0469. The van der Waals surface area contributed by atoms with E-state index in [0.717, 1.165) is 40.3 Å². The molecule has 158 valence electrons. The summed E-state index contributed by atoms with van der Waals surface area (Å²) in [4.78, 5) is 24.0. The van der Waals surface area contributed by atoms with Crippen molar-refractivity contribution in [3.8, 4) is 5.75 Å². The first-order valence-electron chi connectivity index (χ1n) is 10.6. The number of fused-ring (bicyclic) bond motifs is 1. The van der Waals surface area contributed by atoms with E-state index in [1.807, 2.05) is 60.4 Å². The van der Waals surface area contributed by atoms with Gasteiger partial charge in [-0.2, -0.15) is 0 Å². The van der Waals surface area contributed by atoms with Crippen LogP contribution in [0.1, 0.15) is 38.4 Å². The predicted molar refractivity (Wildman–Crippen MR) is 121 cm³/mol. The number of aromatic nitrogens is 2. The highest BCUT2D eigenvalue weighted by atomic mass is 32.2. The molecule has 6 nitrogen and oxygen atoms in total. The smallest absolute Gasteiger partial charge is 0.327 e. The number of para-hydroxylation sites is 3. The van der Waals surface area contributed by atoms with Crippen LogP contribution in [0.2, 0.25) is 0 Å². The summed E-state index contributed by atoms with van der Waals surface area (Å²) in [5, 5.41) is 0. The number of carbonyl (C=O) groups excluding carboxylic acids is 1. The van der Waals surface area contributed by atoms with Crippen LogP contribution < -0.4 is 9.46 Å². The molecular formula is C23H28N4O2S. The molecule has 0 spiro atoms. The minimum absolute atomic E-state index is 0.0469. The van der Waals surface area contributed by atoms with Crippen molar-refractivity contribution in [3.63, 3.8) is 0 Å². The molecule has 1 heterocycles. The van der Waals surface area contributed by atoms with E-state index >= 15 is 0 Å². The SMILES string of the molecule is CCOc1ccccc1SNC(=O)N(CCc1nc2ccccc2[nH]1)C1CCCC1. The van der Waals surface area contributed by atoms with Gasteiger partial charge in [-0.25, -0.2) is 9.78 Å².